The van der Waals surface area contributed by atoms with Crippen LogP contribution in [0.4, 0.5) is 5.13 Å². The van der Waals surface area contributed by atoms with Crippen LogP contribution in [0.1, 0.15) is 19.3 Å². The van der Waals surface area contributed by atoms with Crippen molar-refractivity contribution in [3.63, 3.8) is 0 Å². The van der Waals surface area contributed by atoms with Gasteiger partial charge in [-0.15, -0.1) is 0 Å². The number of anilines is 1. The topological polar surface area (TPSA) is 88.5 Å². The quantitative estimate of drug-likeness (QED) is 0.888. The van der Waals surface area contributed by atoms with E-state index in [1.165, 1.54) is 11.3 Å². The van der Waals surface area contributed by atoms with Crippen molar-refractivity contribution in [1.82, 2.24) is 4.98 Å². The highest BCUT2D eigenvalue weighted by Crippen LogP contribution is 2.52. The van der Waals surface area contributed by atoms with E-state index in [2.05, 4.69) is 10.3 Å². The van der Waals surface area contributed by atoms with Gasteiger partial charge in [-0.25, -0.2) is 4.98 Å². The van der Waals surface area contributed by atoms with Crippen LogP contribution in [0.3, 0.4) is 0 Å². The Hall–Kier alpha value is -2.15. The van der Waals surface area contributed by atoms with Crippen molar-refractivity contribution in [1.29, 1.82) is 0 Å². The predicted octanol–water partition coefficient (Wildman–Crippen LogP) is 2.99. The van der Waals surface area contributed by atoms with Crippen molar-refractivity contribution in [3.8, 4) is 5.75 Å². The number of carboxylic acid groups (broad SMARTS) is 1. The number of aromatic nitrogens is 1. The van der Waals surface area contributed by atoms with Gasteiger partial charge in [-0.1, -0.05) is 11.3 Å². The van der Waals surface area contributed by atoms with Crippen molar-refractivity contribution in [2.45, 2.75) is 19.3 Å². The maximum Gasteiger partial charge on any atom is 0.307 e. The molecule has 0 saturated heterocycles. The lowest BCUT2D eigenvalue weighted by Crippen LogP contribution is -2.37. The van der Waals surface area contributed by atoms with Gasteiger partial charge in [0.2, 0.25) is 5.91 Å². The molecule has 2 saturated carbocycles. The number of methoxy groups -OCH3 is 1. The Bertz CT molecular complexity index is 818. The molecule has 2 aromatic rings. The van der Waals surface area contributed by atoms with Gasteiger partial charge in [-0.3, -0.25) is 9.59 Å². The van der Waals surface area contributed by atoms with E-state index in [1.54, 1.807) is 7.11 Å². The Morgan fingerprint density at radius 3 is 2.75 bits per heavy atom. The monoisotopic (exact) mass is 346 g/mol. The number of hydrogen-bond donors (Lipinski definition) is 2. The lowest BCUT2D eigenvalue weighted by atomic mass is 9.79. The summed E-state index contributed by atoms with van der Waals surface area (Å²) < 4.78 is 6.12. The van der Waals surface area contributed by atoms with Crippen molar-refractivity contribution in [3.05, 3.63) is 18.2 Å². The van der Waals surface area contributed by atoms with Crippen molar-refractivity contribution in [2.24, 2.45) is 23.7 Å². The van der Waals surface area contributed by atoms with Crippen molar-refractivity contribution >= 4 is 38.6 Å². The van der Waals surface area contributed by atoms with E-state index in [0.717, 1.165) is 35.2 Å². The minimum absolute atomic E-state index is 0.142. The maximum atomic E-state index is 12.7. The Labute approximate surface area is 142 Å². The average molecular weight is 346 g/mol. The smallest absolute Gasteiger partial charge is 0.307 e. The Morgan fingerprint density at radius 1 is 1.29 bits per heavy atom. The molecule has 24 heavy (non-hydrogen) atoms. The number of aliphatic carboxylic acids is 1. The number of hydrogen-bond acceptors (Lipinski definition) is 5. The van der Waals surface area contributed by atoms with E-state index >= 15 is 0 Å². The highest BCUT2D eigenvalue weighted by Gasteiger charge is 2.54. The zero-order valence-electron chi connectivity index (χ0n) is 13.2. The molecule has 0 spiro atoms. The molecule has 1 amide bonds. The van der Waals surface area contributed by atoms with Crippen LogP contribution in [0, 0.1) is 23.7 Å². The number of ether oxygens (including phenoxy) is 1. The molecular formula is C17H18N2O4S. The number of carboxylic acids is 1. The number of nitrogens with one attached hydrogen (secondary N) is 1. The van der Waals surface area contributed by atoms with Gasteiger partial charge in [0.15, 0.2) is 5.13 Å². The molecule has 2 bridgehead atoms. The van der Waals surface area contributed by atoms with Crippen LogP contribution in [0.25, 0.3) is 10.2 Å². The fourth-order valence-electron chi connectivity index (χ4n) is 4.30. The third kappa shape index (κ3) is 2.43. The van der Waals surface area contributed by atoms with Gasteiger partial charge in [0.25, 0.3) is 0 Å². The summed E-state index contributed by atoms with van der Waals surface area (Å²) in [5.74, 6) is -0.991. The number of carbonyl (C=O) groups is 2. The van der Waals surface area contributed by atoms with E-state index in [4.69, 9.17) is 4.74 Å². The fourth-order valence-corrected chi connectivity index (χ4v) is 5.20. The first-order valence-electron chi connectivity index (χ1n) is 8.05. The molecule has 0 unspecified atom stereocenters. The van der Waals surface area contributed by atoms with Crippen molar-refractivity contribution < 1.29 is 19.4 Å². The minimum atomic E-state index is -0.851. The Balaban J connectivity index is 1.56. The molecule has 2 aliphatic rings. The number of amides is 1. The number of fused-ring (bicyclic) bond motifs is 3. The van der Waals surface area contributed by atoms with Crippen LogP contribution in [-0.4, -0.2) is 29.1 Å². The summed E-state index contributed by atoms with van der Waals surface area (Å²) in [5, 5.41) is 12.8. The first-order valence-corrected chi connectivity index (χ1v) is 8.86. The number of rotatable bonds is 4. The number of thiazole rings is 1. The summed E-state index contributed by atoms with van der Waals surface area (Å²) in [4.78, 5) is 28.7. The van der Waals surface area contributed by atoms with Crippen LogP contribution >= 0.6 is 11.3 Å². The molecule has 2 aliphatic carbocycles. The van der Waals surface area contributed by atoms with Crippen LogP contribution < -0.4 is 10.1 Å². The molecule has 1 heterocycles. The third-order valence-corrected chi connectivity index (χ3v) is 6.26. The molecule has 7 heteroatoms. The zero-order valence-corrected chi connectivity index (χ0v) is 14.0. The zero-order chi connectivity index (χ0) is 16.8. The Kier molecular flexibility index (Phi) is 3.68. The summed E-state index contributed by atoms with van der Waals surface area (Å²) in [6.45, 7) is 0. The van der Waals surface area contributed by atoms with Gasteiger partial charge < -0.3 is 15.2 Å². The molecule has 0 aliphatic heterocycles. The van der Waals surface area contributed by atoms with Gasteiger partial charge in [0.1, 0.15) is 5.75 Å². The second kappa shape index (κ2) is 5.73. The minimum Gasteiger partial charge on any atom is -0.497 e. The largest absolute Gasteiger partial charge is 0.497 e. The molecular weight excluding hydrogens is 328 g/mol. The summed E-state index contributed by atoms with van der Waals surface area (Å²) in [6.07, 6.45) is 2.72. The van der Waals surface area contributed by atoms with Gasteiger partial charge in [-0.05, 0) is 49.3 Å². The number of nitrogens with zero attached hydrogens (tertiary/aromatic N) is 1. The summed E-state index contributed by atoms with van der Waals surface area (Å²) >= 11 is 1.37. The first-order chi connectivity index (χ1) is 11.6. The summed E-state index contributed by atoms with van der Waals surface area (Å²) in [7, 11) is 1.60. The van der Waals surface area contributed by atoms with Crippen LogP contribution in [-0.2, 0) is 9.59 Å². The Morgan fingerprint density at radius 2 is 2.04 bits per heavy atom. The lowest BCUT2D eigenvalue weighted by molar-refractivity contribution is -0.148. The van der Waals surface area contributed by atoms with Crippen LogP contribution in [0.5, 0.6) is 5.75 Å². The van der Waals surface area contributed by atoms with E-state index < -0.39 is 17.8 Å². The molecule has 1 aromatic carbocycles. The second-order valence-corrected chi connectivity index (χ2v) is 7.60. The number of carbonyl (C=O) groups excluding carboxylic acids is 1. The lowest BCUT2D eigenvalue weighted by Gasteiger charge is -2.26. The fraction of sp³-hybridized carbons (Fsp3) is 0.471. The van der Waals surface area contributed by atoms with Gasteiger partial charge in [0, 0.05) is 0 Å². The van der Waals surface area contributed by atoms with Crippen molar-refractivity contribution in [2.75, 3.05) is 12.4 Å². The third-order valence-electron chi connectivity index (χ3n) is 5.33. The van der Waals surface area contributed by atoms with E-state index in [1.807, 2.05) is 18.2 Å². The second-order valence-electron chi connectivity index (χ2n) is 6.56. The molecule has 126 valence electrons. The normalized spacial score (nSPS) is 28.2. The molecule has 4 atom stereocenters. The highest BCUT2D eigenvalue weighted by atomic mass is 32.1. The van der Waals surface area contributed by atoms with Gasteiger partial charge in [-0.2, -0.15) is 0 Å². The van der Waals surface area contributed by atoms with Gasteiger partial charge in [0.05, 0.1) is 29.2 Å². The van der Waals surface area contributed by atoms with Crippen LogP contribution in [0.15, 0.2) is 18.2 Å². The molecule has 0 radical (unpaired) electrons. The highest BCUT2D eigenvalue weighted by molar-refractivity contribution is 7.22. The summed E-state index contributed by atoms with van der Waals surface area (Å²) in [6, 6.07) is 5.54. The number of benzene rings is 1. The molecule has 1 aromatic heterocycles. The standard InChI is InChI=1S/C17H18N2O4S/c1-23-10-4-5-11-12(7-10)24-17(18-11)19-15(20)13-8-2-3-9(6-8)14(13)16(21)22/h4-5,7-9,13-14H,2-3,6H2,1H3,(H,21,22)(H,18,19,20)/t8-,9-,13+,14+/m0/s1. The molecule has 2 fully saturated rings. The van der Waals surface area contributed by atoms with Gasteiger partial charge >= 0.3 is 5.97 Å². The first kappa shape index (κ1) is 15.4. The predicted molar refractivity (Wildman–Crippen MR) is 90.2 cm³/mol. The summed E-state index contributed by atoms with van der Waals surface area (Å²) in [5.41, 5.74) is 0.791. The molecule has 6 nitrogen and oxygen atoms in total. The van der Waals surface area contributed by atoms with E-state index in [9.17, 15) is 14.7 Å². The molecule has 4 rings (SSSR count). The van der Waals surface area contributed by atoms with E-state index in [-0.39, 0.29) is 17.7 Å². The molecule has 2 N–H and O–H groups in total. The maximum absolute atomic E-state index is 12.7. The van der Waals surface area contributed by atoms with E-state index in [0.29, 0.717) is 5.13 Å². The average Bonchev–Trinajstić information content (AvgIpc) is 3.26. The SMILES string of the molecule is COc1ccc2nc(NC(=O)[C@@H]3[C@H]4CC[C@@H](C4)[C@H]3C(=O)O)sc2c1. The van der Waals surface area contributed by atoms with Crippen LogP contribution in [0.2, 0.25) is 0 Å².